The maximum absolute atomic E-state index is 11.4. The van der Waals surface area contributed by atoms with Crippen LogP contribution in [-0.4, -0.2) is 35.6 Å². The molecule has 5 nitrogen and oxygen atoms in total. The summed E-state index contributed by atoms with van der Waals surface area (Å²) in [5.74, 6) is 1.07. The number of rotatable bonds is 5. The summed E-state index contributed by atoms with van der Waals surface area (Å²) in [6.45, 7) is 5.22. The van der Waals surface area contributed by atoms with Crippen molar-refractivity contribution in [3.05, 3.63) is 18.1 Å². The number of ether oxygens (including phenoxy) is 1. The van der Waals surface area contributed by atoms with Crippen LogP contribution in [0.15, 0.2) is 12.4 Å². The molecule has 1 aliphatic rings. The Morgan fingerprint density at radius 3 is 2.78 bits per heavy atom. The number of hydrogen-bond donors (Lipinski definition) is 0. The Bertz CT molecular complexity index is 430. The Balaban J connectivity index is 2.20. The number of methoxy groups -OCH3 is 1. The highest BCUT2D eigenvalue weighted by Crippen LogP contribution is 2.31. The third kappa shape index (κ3) is 2.97. The predicted molar refractivity (Wildman–Crippen MR) is 68.6 cm³/mol. The van der Waals surface area contributed by atoms with E-state index in [0.29, 0.717) is 6.04 Å². The van der Waals surface area contributed by atoms with Gasteiger partial charge in [-0.3, -0.25) is 4.98 Å². The molecule has 0 unspecified atom stereocenters. The highest BCUT2D eigenvalue weighted by atomic mass is 16.5. The number of carbonyl (C=O) groups excluding carboxylic acids is 1. The molecule has 0 bridgehead atoms. The second kappa shape index (κ2) is 5.33. The lowest BCUT2D eigenvalue weighted by molar-refractivity contribution is 0.0593. The first-order valence-corrected chi connectivity index (χ1v) is 6.28. The van der Waals surface area contributed by atoms with Gasteiger partial charge in [-0.15, -0.1) is 0 Å². The molecule has 1 fully saturated rings. The number of aromatic nitrogens is 2. The summed E-state index contributed by atoms with van der Waals surface area (Å²) in [5, 5.41) is 0. The quantitative estimate of drug-likeness (QED) is 0.746. The van der Waals surface area contributed by atoms with E-state index >= 15 is 0 Å². The van der Waals surface area contributed by atoms with Gasteiger partial charge in [0.25, 0.3) is 0 Å². The lowest BCUT2D eigenvalue weighted by atomic mass is 10.2. The van der Waals surface area contributed by atoms with Gasteiger partial charge >= 0.3 is 5.97 Å². The standard InChI is InChI=1S/C13H19N3O2/c1-9(2)16(8-10-4-5-10)12-7-14-6-11(15-12)13(17)18-3/h6-7,9-10H,4-5,8H2,1-3H3. The van der Waals surface area contributed by atoms with Gasteiger partial charge in [-0.2, -0.15) is 0 Å². The summed E-state index contributed by atoms with van der Waals surface area (Å²) in [6, 6.07) is 0.341. The molecule has 2 rings (SSSR count). The van der Waals surface area contributed by atoms with E-state index in [4.69, 9.17) is 0 Å². The van der Waals surface area contributed by atoms with Crippen LogP contribution in [-0.2, 0) is 4.74 Å². The minimum atomic E-state index is -0.445. The summed E-state index contributed by atoms with van der Waals surface area (Å²) in [7, 11) is 1.35. The smallest absolute Gasteiger partial charge is 0.358 e. The fraction of sp³-hybridized carbons (Fsp3) is 0.615. The van der Waals surface area contributed by atoms with Crippen LogP contribution < -0.4 is 4.90 Å². The first-order valence-electron chi connectivity index (χ1n) is 6.28. The molecule has 0 aliphatic heterocycles. The van der Waals surface area contributed by atoms with Crippen molar-refractivity contribution in [1.82, 2.24) is 9.97 Å². The molecule has 1 saturated carbocycles. The zero-order chi connectivity index (χ0) is 13.1. The van der Waals surface area contributed by atoms with Gasteiger partial charge in [0, 0.05) is 12.6 Å². The van der Waals surface area contributed by atoms with Crippen LogP contribution in [0.3, 0.4) is 0 Å². The van der Waals surface area contributed by atoms with E-state index in [1.54, 1.807) is 6.20 Å². The van der Waals surface area contributed by atoms with Gasteiger partial charge in [-0.25, -0.2) is 9.78 Å². The number of nitrogens with zero attached hydrogens (tertiary/aromatic N) is 3. The molecular formula is C13H19N3O2. The Labute approximate surface area is 107 Å². The van der Waals surface area contributed by atoms with Gasteiger partial charge in [0.05, 0.1) is 19.5 Å². The van der Waals surface area contributed by atoms with Gasteiger partial charge in [0.2, 0.25) is 0 Å². The molecule has 0 N–H and O–H groups in total. The molecule has 0 atom stereocenters. The van der Waals surface area contributed by atoms with E-state index < -0.39 is 5.97 Å². The molecule has 1 aromatic rings. The molecular weight excluding hydrogens is 230 g/mol. The van der Waals surface area contributed by atoms with E-state index in [-0.39, 0.29) is 5.69 Å². The van der Waals surface area contributed by atoms with Crippen molar-refractivity contribution in [3.63, 3.8) is 0 Å². The average molecular weight is 249 g/mol. The monoisotopic (exact) mass is 249 g/mol. The Kier molecular flexibility index (Phi) is 3.79. The zero-order valence-corrected chi connectivity index (χ0v) is 11.1. The maximum Gasteiger partial charge on any atom is 0.358 e. The Morgan fingerprint density at radius 1 is 1.50 bits per heavy atom. The molecule has 1 heterocycles. The number of esters is 1. The number of carbonyl (C=O) groups is 1. The molecule has 18 heavy (non-hydrogen) atoms. The molecule has 1 aliphatic carbocycles. The Hall–Kier alpha value is -1.65. The Morgan fingerprint density at radius 2 is 2.22 bits per heavy atom. The van der Waals surface area contributed by atoms with E-state index in [0.717, 1.165) is 18.3 Å². The van der Waals surface area contributed by atoms with Crippen molar-refractivity contribution in [1.29, 1.82) is 0 Å². The van der Waals surface area contributed by atoms with Crippen LogP contribution in [0, 0.1) is 5.92 Å². The minimum Gasteiger partial charge on any atom is -0.464 e. The van der Waals surface area contributed by atoms with Crippen molar-refractivity contribution in [2.24, 2.45) is 5.92 Å². The minimum absolute atomic E-state index is 0.261. The summed E-state index contributed by atoms with van der Waals surface area (Å²) in [5.41, 5.74) is 0.261. The van der Waals surface area contributed by atoms with E-state index in [9.17, 15) is 4.79 Å². The zero-order valence-electron chi connectivity index (χ0n) is 11.1. The highest BCUT2D eigenvalue weighted by Gasteiger charge is 2.26. The van der Waals surface area contributed by atoms with E-state index in [1.165, 1.54) is 26.1 Å². The highest BCUT2D eigenvalue weighted by molar-refractivity contribution is 5.87. The lowest BCUT2D eigenvalue weighted by Crippen LogP contribution is -2.33. The van der Waals surface area contributed by atoms with Gasteiger partial charge in [0.1, 0.15) is 5.82 Å². The largest absolute Gasteiger partial charge is 0.464 e. The first kappa shape index (κ1) is 12.8. The summed E-state index contributed by atoms with van der Waals surface area (Å²) < 4.78 is 4.66. The SMILES string of the molecule is COC(=O)c1cncc(N(CC2CC2)C(C)C)n1. The molecule has 0 spiro atoms. The molecule has 98 valence electrons. The van der Waals surface area contributed by atoms with E-state index in [1.807, 2.05) is 0 Å². The van der Waals surface area contributed by atoms with Crippen LogP contribution in [0.2, 0.25) is 0 Å². The molecule has 5 heteroatoms. The lowest BCUT2D eigenvalue weighted by Gasteiger charge is -2.27. The van der Waals surface area contributed by atoms with Crippen LogP contribution >= 0.6 is 0 Å². The molecule has 0 amide bonds. The average Bonchev–Trinajstić information content (AvgIpc) is 3.18. The van der Waals surface area contributed by atoms with Gasteiger partial charge in [0.15, 0.2) is 5.69 Å². The number of anilines is 1. The summed E-state index contributed by atoms with van der Waals surface area (Å²) >= 11 is 0. The fourth-order valence-corrected chi connectivity index (χ4v) is 1.84. The van der Waals surface area contributed by atoms with Crippen LogP contribution in [0.25, 0.3) is 0 Å². The van der Waals surface area contributed by atoms with Crippen LogP contribution in [0.4, 0.5) is 5.82 Å². The molecule has 0 saturated heterocycles. The van der Waals surface area contributed by atoms with Crippen molar-refractivity contribution in [2.75, 3.05) is 18.6 Å². The third-order valence-electron chi connectivity index (χ3n) is 3.09. The van der Waals surface area contributed by atoms with Gasteiger partial charge in [-0.1, -0.05) is 0 Å². The summed E-state index contributed by atoms with van der Waals surface area (Å²) in [6.07, 6.45) is 5.71. The van der Waals surface area contributed by atoms with Crippen molar-refractivity contribution >= 4 is 11.8 Å². The second-order valence-electron chi connectivity index (χ2n) is 4.94. The van der Waals surface area contributed by atoms with Gasteiger partial charge < -0.3 is 9.64 Å². The van der Waals surface area contributed by atoms with Gasteiger partial charge in [-0.05, 0) is 32.6 Å². The summed E-state index contributed by atoms with van der Waals surface area (Å²) in [4.78, 5) is 22.1. The number of hydrogen-bond acceptors (Lipinski definition) is 5. The fourth-order valence-electron chi connectivity index (χ4n) is 1.84. The van der Waals surface area contributed by atoms with Crippen LogP contribution in [0.1, 0.15) is 37.2 Å². The van der Waals surface area contributed by atoms with Crippen molar-refractivity contribution in [2.45, 2.75) is 32.7 Å². The first-order chi connectivity index (χ1) is 8.61. The third-order valence-corrected chi connectivity index (χ3v) is 3.09. The van der Waals surface area contributed by atoms with E-state index in [2.05, 4.69) is 33.5 Å². The molecule has 1 aromatic heterocycles. The maximum atomic E-state index is 11.4. The second-order valence-corrected chi connectivity index (χ2v) is 4.94. The normalized spacial score (nSPS) is 14.7. The van der Waals surface area contributed by atoms with Crippen molar-refractivity contribution in [3.8, 4) is 0 Å². The molecule has 0 radical (unpaired) electrons. The van der Waals surface area contributed by atoms with Crippen LogP contribution in [0.5, 0.6) is 0 Å². The topological polar surface area (TPSA) is 55.3 Å². The predicted octanol–water partition coefficient (Wildman–Crippen LogP) is 1.89. The van der Waals surface area contributed by atoms with Crippen molar-refractivity contribution < 1.29 is 9.53 Å². The molecule has 0 aromatic carbocycles.